The van der Waals surface area contributed by atoms with Crippen molar-refractivity contribution in [3.8, 4) is 0 Å². The van der Waals surface area contributed by atoms with Gasteiger partial charge in [0.25, 0.3) is 5.91 Å². The van der Waals surface area contributed by atoms with Crippen molar-refractivity contribution in [3.63, 3.8) is 0 Å². The molecule has 1 saturated heterocycles. The number of rotatable bonds is 4. The molecule has 2 unspecified atom stereocenters. The quantitative estimate of drug-likeness (QED) is 0.925. The molecule has 1 aromatic heterocycles. The van der Waals surface area contributed by atoms with Gasteiger partial charge < -0.3 is 10.6 Å². The SMILES string of the molecule is CC1CCN(C(=O)c2csc(Cc3ccc(F)cc3)n2)C(CN)C1. The Kier molecular flexibility index (Phi) is 5.26. The number of thiazole rings is 1. The third-order valence-corrected chi connectivity index (χ3v) is 5.40. The van der Waals surface area contributed by atoms with Crippen molar-refractivity contribution in [3.05, 3.63) is 51.7 Å². The van der Waals surface area contributed by atoms with Gasteiger partial charge in [0.1, 0.15) is 11.5 Å². The molecule has 0 radical (unpaired) electrons. The summed E-state index contributed by atoms with van der Waals surface area (Å²) in [5.74, 6) is 0.326. The van der Waals surface area contributed by atoms with Crippen LogP contribution in [0.15, 0.2) is 29.6 Å². The van der Waals surface area contributed by atoms with Crippen molar-refractivity contribution >= 4 is 17.2 Å². The Balaban J connectivity index is 1.70. The van der Waals surface area contributed by atoms with Crippen molar-refractivity contribution in [2.24, 2.45) is 11.7 Å². The lowest BCUT2D eigenvalue weighted by Gasteiger charge is -2.37. The number of hydrogen-bond donors (Lipinski definition) is 1. The lowest BCUT2D eigenvalue weighted by atomic mass is 9.92. The summed E-state index contributed by atoms with van der Waals surface area (Å²) >= 11 is 1.47. The lowest BCUT2D eigenvalue weighted by molar-refractivity contribution is 0.0568. The number of hydrogen-bond acceptors (Lipinski definition) is 4. The van der Waals surface area contributed by atoms with Crippen molar-refractivity contribution in [2.75, 3.05) is 13.1 Å². The zero-order chi connectivity index (χ0) is 17.1. The molecular weight excluding hydrogens is 325 g/mol. The first-order valence-electron chi connectivity index (χ1n) is 8.26. The summed E-state index contributed by atoms with van der Waals surface area (Å²) in [4.78, 5) is 19.1. The molecule has 2 atom stereocenters. The van der Waals surface area contributed by atoms with E-state index in [-0.39, 0.29) is 17.8 Å². The van der Waals surface area contributed by atoms with Gasteiger partial charge in [-0.3, -0.25) is 4.79 Å². The van der Waals surface area contributed by atoms with E-state index in [1.54, 1.807) is 12.1 Å². The van der Waals surface area contributed by atoms with Gasteiger partial charge in [0, 0.05) is 30.9 Å². The fourth-order valence-electron chi connectivity index (χ4n) is 3.16. The van der Waals surface area contributed by atoms with Gasteiger partial charge in [-0.25, -0.2) is 9.37 Å². The first-order chi connectivity index (χ1) is 11.6. The highest BCUT2D eigenvalue weighted by molar-refractivity contribution is 7.09. The Morgan fingerprint density at radius 1 is 1.42 bits per heavy atom. The van der Waals surface area contributed by atoms with Crippen molar-refractivity contribution < 1.29 is 9.18 Å². The van der Waals surface area contributed by atoms with E-state index in [0.29, 0.717) is 24.6 Å². The van der Waals surface area contributed by atoms with E-state index in [0.717, 1.165) is 30.0 Å². The number of amides is 1. The molecule has 0 spiro atoms. The standard InChI is InChI=1S/C18H22FN3OS/c1-12-6-7-22(15(8-12)10-20)18(23)16-11-24-17(21-16)9-13-2-4-14(19)5-3-13/h2-5,11-12,15H,6-10,20H2,1H3. The van der Waals surface area contributed by atoms with Crippen LogP contribution >= 0.6 is 11.3 Å². The molecule has 1 aromatic carbocycles. The summed E-state index contributed by atoms with van der Waals surface area (Å²) < 4.78 is 13.0. The highest BCUT2D eigenvalue weighted by Crippen LogP contribution is 2.24. The van der Waals surface area contributed by atoms with E-state index in [1.165, 1.54) is 23.5 Å². The van der Waals surface area contributed by atoms with Crippen LogP contribution < -0.4 is 5.73 Å². The molecule has 1 aliphatic heterocycles. The normalized spacial score (nSPS) is 21.0. The topological polar surface area (TPSA) is 59.2 Å². The number of carbonyl (C=O) groups excluding carboxylic acids is 1. The highest BCUT2D eigenvalue weighted by Gasteiger charge is 2.30. The monoisotopic (exact) mass is 347 g/mol. The first-order valence-corrected chi connectivity index (χ1v) is 9.14. The Bertz CT molecular complexity index is 701. The fraction of sp³-hybridized carbons (Fsp3) is 0.444. The van der Waals surface area contributed by atoms with Gasteiger partial charge in [-0.15, -0.1) is 11.3 Å². The molecule has 3 rings (SSSR count). The van der Waals surface area contributed by atoms with E-state index in [9.17, 15) is 9.18 Å². The summed E-state index contributed by atoms with van der Waals surface area (Å²) in [7, 11) is 0. The minimum Gasteiger partial charge on any atom is -0.333 e. The van der Waals surface area contributed by atoms with E-state index in [4.69, 9.17) is 5.73 Å². The van der Waals surface area contributed by atoms with Crippen molar-refractivity contribution in [1.29, 1.82) is 0 Å². The summed E-state index contributed by atoms with van der Waals surface area (Å²) in [5.41, 5.74) is 7.32. The average Bonchev–Trinajstić information content (AvgIpc) is 3.04. The molecule has 2 heterocycles. The largest absolute Gasteiger partial charge is 0.333 e. The molecule has 2 N–H and O–H groups in total. The maximum atomic E-state index is 13.0. The number of benzene rings is 1. The maximum absolute atomic E-state index is 13.0. The predicted octanol–water partition coefficient (Wildman–Crippen LogP) is 3.07. The maximum Gasteiger partial charge on any atom is 0.273 e. The number of nitrogens with zero attached hydrogens (tertiary/aromatic N) is 2. The molecule has 0 saturated carbocycles. The Hall–Kier alpha value is -1.79. The number of carbonyl (C=O) groups is 1. The van der Waals surface area contributed by atoms with Gasteiger partial charge in [0.05, 0.1) is 5.01 Å². The lowest BCUT2D eigenvalue weighted by Crippen LogP contribution is -2.49. The smallest absolute Gasteiger partial charge is 0.273 e. The van der Waals surface area contributed by atoms with Crippen LogP contribution in [0.5, 0.6) is 0 Å². The highest BCUT2D eigenvalue weighted by atomic mass is 32.1. The van der Waals surface area contributed by atoms with E-state index >= 15 is 0 Å². The minimum atomic E-state index is -0.249. The summed E-state index contributed by atoms with van der Waals surface area (Å²) in [5, 5.41) is 2.67. The number of aromatic nitrogens is 1. The number of likely N-dealkylation sites (tertiary alicyclic amines) is 1. The van der Waals surface area contributed by atoms with Gasteiger partial charge in [0.2, 0.25) is 0 Å². The zero-order valence-corrected chi connectivity index (χ0v) is 14.6. The molecule has 24 heavy (non-hydrogen) atoms. The Morgan fingerprint density at radius 3 is 2.88 bits per heavy atom. The Labute approximate surface area is 145 Å². The summed E-state index contributed by atoms with van der Waals surface area (Å²) in [6.07, 6.45) is 2.57. The number of nitrogens with two attached hydrogens (primary N) is 1. The van der Waals surface area contributed by atoms with Crippen molar-refractivity contribution in [1.82, 2.24) is 9.88 Å². The van der Waals surface area contributed by atoms with Crippen LogP contribution in [0.4, 0.5) is 4.39 Å². The molecule has 4 nitrogen and oxygen atoms in total. The first kappa shape index (κ1) is 17.0. The van der Waals surface area contributed by atoms with Gasteiger partial charge in [-0.05, 0) is 36.5 Å². The molecular formula is C18H22FN3OS. The van der Waals surface area contributed by atoms with E-state index < -0.39 is 0 Å². The molecule has 2 aromatic rings. The van der Waals surface area contributed by atoms with Gasteiger partial charge in [-0.2, -0.15) is 0 Å². The minimum absolute atomic E-state index is 0.0287. The third kappa shape index (κ3) is 3.82. The molecule has 128 valence electrons. The van der Waals surface area contributed by atoms with Gasteiger partial charge in [0.15, 0.2) is 0 Å². The second-order valence-corrected chi connectivity index (χ2v) is 7.39. The molecule has 0 aliphatic carbocycles. The van der Waals surface area contributed by atoms with E-state index in [2.05, 4.69) is 11.9 Å². The second-order valence-electron chi connectivity index (χ2n) is 6.45. The molecule has 6 heteroatoms. The average molecular weight is 347 g/mol. The second kappa shape index (κ2) is 7.40. The number of halogens is 1. The third-order valence-electron chi connectivity index (χ3n) is 4.55. The van der Waals surface area contributed by atoms with E-state index in [1.807, 2.05) is 10.3 Å². The van der Waals surface area contributed by atoms with Crippen LogP contribution in [0.3, 0.4) is 0 Å². The van der Waals surface area contributed by atoms with Crippen LogP contribution in [0, 0.1) is 11.7 Å². The predicted molar refractivity (Wildman–Crippen MR) is 93.6 cm³/mol. The fourth-order valence-corrected chi connectivity index (χ4v) is 3.96. The molecule has 1 aliphatic rings. The van der Waals surface area contributed by atoms with Crippen LogP contribution in [-0.2, 0) is 6.42 Å². The Morgan fingerprint density at radius 2 is 2.17 bits per heavy atom. The van der Waals surface area contributed by atoms with Crippen LogP contribution in [-0.4, -0.2) is 34.9 Å². The molecule has 1 fully saturated rings. The van der Waals surface area contributed by atoms with Crippen LogP contribution in [0.1, 0.15) is 40.8 Å². The van der Waals surface area contributed by atoms with Crippen molar-refractivity contribution in [2.45, 2.75) is 32.2 Å². The molecule has 1 amide bonds. The number of piperidine rings is 1. The summed E-state index contributed by atoms with van der Waals surface area (Å²) in [6, 6.07) is 6.47. The van der Waals surface area contributed by atoms with Gasteiger partial charge >= 0.3 is 0 Å². The van der Waals surface area contributed by atoms with Crippen LogP contribution in [0.2, 0.25) is 0 Å². The van der Waals surface area contributed by atoms with Gasteiger partial charge in [-0.1, -0.05) is 19.1 Å². The van der Waals surface area contributed by atoms with Crippen LogP contribution in [0.25, 0.3) is 0 Å². The summed E-state index contributed by atoms with van der Waals surface area (Å²) in [6.45, 7) is 3.43. The zero-order valence-electron chi connectivity index (χ0n) is 13.7. The molecule has 0 bridgehead atoms.